The molecule has 3 rings (SSSR count). The number of fused-ring (bicyclic) bond motifs is 1. The van der Waals surface area contributed by atoms with Gasteiger partial charge < -0.3 is 5.32 Å². The number of aromatic nitrogens is 3. The molecule has 3 aromatic rings. The molecule has 0 fully saturated rings. The first kappa shape index (κ1) is 14.0. The van der Waals surface area contributed by atoms with Crippen LogP contribution in [0.2, 0.25) is 10.0 Å². The van der Waals surface area contributed by atoms with Crippen molar-refractivity contribution in [1.29, 1.82) is 0 Å². The largest absolute Gasteiger partial charge is 0.361 e. The fourth-order valence-corrected chi connectivity index (χ4v) is 2.35. The molecule has 0 bridgehead atoms. The van der Waals surface area contributed by atoms with Crippen molar-refractivity contribution in [2.75, 3.05) is 5.32 Å². The van der Waals surface area contributed by atoms with Crippen LogP contribution in [-0.2, 0) is 0 Å². The van der Waals surface area contributed by atoms with Crippen LogP contribution >= 0.6 is 23.2 Å². The van der Waals surface area contributed by atoms with E-state index in [1.165, 1.54) is 6.33 Å². The SMILES string of the molecule is C[C@H](Nc1ncnc2cc(Cl)ccc12)c1ccc(Cl)cn1. The average molecular weight is 319 g/mol. The molecule has 1 atom stereocenters. The van der Waals surface area contributed by atoms with E-state index >= 15 is 0 Å². The van der Waals surface area contributed by atoms with Gasteiger partial charge in [-0.15, -0.1) is 0 Å². The second kappa shape index (κ2) is 5.84. The first-order valence-corrected chi connectivity index (χ1v) is 7.17. The number of anilines is 1. The quantitative estimate of drug-likeness (QED) is 0.772. The molecule has 2 aromatic heterocycles. The van der Waals surface area contributed by atoms with E-state index in [0.29, 0.717) is 10.0 Å². The maximum Gasteiger partial charge on any atom is 0.137 e. The summed E-state index contributed by atoms with van der Waals surface area (Å²) >= 11 is 11.8. The molecule has 0 aliphatic heterocycles. The lowest BCUT2D eigenvalue weighted by atomic mass is 10.2. The van der Waals surface area contributed by atoms with E-state index in [1.807, 2.05) is 37.3 Å². The summed E-state index contributed by atoms with van der Waals surface area (Å²) in [5.74, 6) is 0.751. The first-order valence-electron chi connectivity index (χ1n) is 6.42. The molecule has 6 heteroatoms. The van der Waals surface area contributed by atoms with Gasteiger partial charge in [-0.3, -0.25) is 4.98 Å². The second-order valence-electron chi connectivity index (χ2n) is 4.65. The van der Waals surface area contributed by atoms with E-state index in [2.05, 4.69) is 20.3 Å². The maximum atomic E-state index is 5.98. The molecule has 2 heterocycles. The molecule has 0 aliphatic rings. The van der Waals surface area contributed by atoms with Crippen molar-refractivity contribution in [2.45, 2.75) is 13.0 Å². The zero-order chi connectivity index (χ0) is 14.8. The van der Waals surface area contributed by atoms with Crippen LogP contribution in [0.15, 0.2) is 42.9 Å². The van der Waals surface area contributed by atoms with Gasteiger partial charge in [-0.25, -0.2) is 9.97 Å². The lowest BCUT2D eigenvalue weighted by Gasteiger charge is -2.15. The molecule has 0 unspecified atom stereocenters. The Kier molecular flexibility index (Phi) is 3.90. The van der Waals surface area contributed by atoms with E-state index in [4.69, 9.17) is 23.2 Å². The Morgan fingerprint density at radius 1 is 1.00 bits per heavy atom. The summed E-state index contributed by atoms with van der Waals surface area (Å²) in [4.78, 5) is 12.8. The van der Waals surface area contributed by atoms with Gasteiger partial charge in [0.1, 0.15) is 12.1 Å². The fourth-order valence-electron chi connectivity index (χ4n) is 2.07. The summed E-state index contributed by atoms with van der Waals surface area (Å²) < 4.78 is 0. The van der Waals surface area contributed by atoms with Crippen molar-refractivity contribution in [2.24, 2.45) is 0 Å². The van der Waals surface area contributed by atoms with Crippen LogP contribution in [0.1, 0.15) is 18.7 Å². The fraction of sp³-hybridized carbons (Fsp3) is 0.133. The van der Waals surface area contributed by atoms with Crippen LogP contribution in [0.4, 0.5) is 5.82 Å². The Balaban J connectivity index is 1.92. The predicted molar refractivity (Wildman–Crippen MR) is 85.8 cm³/mol. The molecular weight excluding hydrogens is 307 g/mol. The van der Waals surface area contributed by atoms with E-state index in [0.717, 1.165) is 22.4 Å². The van der Waals surface area contributed by atoms with Crippen LogP contribution in [0.5, 0.6) is 0 Å². The summed E-state index contributed by atoms with van der Waals surface area (Å²) in [6, 6.07) is 9.25. The van der Waals surface area contributed by atoms with Crippen molar-refractivity contribution in [3.63, 3.8) is 0 Å². The third kappa shape index (κ3) is 3.06. The van der Waals surface area contributed by atoms with E-state index < -0.39 is 0 Å². The third-order valence-corrected chi connectivity index (χ3v) is 3.60. The third-order valence-electron chi connectivity index (χ3n) is 3.15. The van der Waals surface area contributed by atoms with Gasteiger partial charge in [0.05, 0.1) is 22.3 Å². The highest BCUT2D eigenvalue weighted by atomic mass is 35.5. The van der Waals surface area contributed by atoms with Gasteiger partial charge >= 0.3 is 0 Å². The Labute approximate surface area is 132 Å². The molecule has 0 radical (unpaired) electrons. The van der Waals surface area contributed by atoms with Crippen LogP contribution in [0, 0.1) is 0 Å². The average Bonchev–Trinajstić information content (AvgIpc) is 2.47. The highest BCUT2D eigenvalue weighted by Gasteiger charge is 2.10. The normalized spacial score (nSPS) is 12.3. The van der Waals surface area contributed by atoms with Crippen molar-refractivity contribution in [3.8, 4) is 0 Å². The second-order valence-corrected chi connectivity index (χ2v) is 5.52. The molecule has 1 N–H and O–H groups in total. The monoisotopic (exact) mass is 318 g/mol. The van der Waals surface area contributed by atoms with Gasteiger partial charge in [0.25, 0.3) is 0 Å². The number of nitrogens with zero attached hydrogens (tertiary/aromatic N) is 3. The molecule has 0 amide bonds. The van der Waals surface area contributed by atoms with Crippen molar-refractivity contribution in [1.82, 2.24) is 15.0 Å². The van der Waals surface area contributed by atoms with E-state index in [-0.39, 0.29) is 6.04 Å². The standard InChI is InChI=1S/C15H12Cl2N4/c1-9(13-5-3-11(17)7-18-13)21-15-12-4-2-10(16)6-14(12)19-8-20-15/h2-9H,1H3,(H,19,20,21)/t9-/m0/s1. The summed E-state index contributed by atoms with van der Waals surface area (Å²) in [6.07, 6.45) is 3.15. The molecule has 0 saturated carbocycles. The number of halogens is 2. The highest BCUT2D eigenvalue weighted by Crippen LogP contribution is 2.25. The zero-order valence-electron chi connectivity index (χ0n) is 11.2. The predicted octanol–water partition coefficient (Wildman–Crippen LogP) is 4.50. The molecule has 21 heavy (non-hydrogen) atoms. The van der Waals surface area contributed by atoms with Crippen molar-refractivity contribution >= 4 is 39.9 Å². The van der Waals surface area contributed by atoms with Gasteiger partial charge in [0.2, 0.25) is 0 Å². The molecule has 0 spiro atoms. The molecule has 106 valence electrons. The lowest BCUT2D eigenvalue weighted by molar-refractivity contribution is 0.833. The van der Waals surface area contributed by atoms with E-state index in [1.54, 1.807) is 6.20 Å². The van der Waals surface area contributed by atoms with Gasteiger partial charge in [-0.1, -0.05) is 23.2 Å². The molecule has 0 aliphatic carbocycles. The number of hydrogen-bond donors (Lipinski definition) is 1. The highest BCUT2D eigenvalue weighted by molar-refractivity contribution is 6.31. The number of nitrogens with one attached hydrogen (secondary N) is 1. The molecule has 4 nitrogen and oxygen atoms in total. The zero-order valence-corrected chi connectivity index (χ0v) is 12.7. The minimum atomic E-state index is -0.00366. The smallest absolute Gasteiger partial charge is 0.137 e. The number of hydrogen-bond acceptors (Lipinski definition) is 4. The van der Waals surface area contributed by atoms with Crippen molar-refractivity contribution < 1.29 is 0 Å². The van der Waals surface area contributed by atoms with E-state index in [9.17, 15) is 0 Å². The first-order chi connectivity index (χ1) is 10.1. The summed E-state index contributed by atoms with van der Waals surface area (Å²) in [5, 5.41) is 5.53. The lowest BCUT2D eigenvalue weighted by Crippen LogP contribution is -2.10. The maximum absolute atomic E-state index is 5.98. The number of pyridine rings is 1. The Morgan fingerprint density at radius 3 is 2.57 bits per heavy atom. The summed E-state index contributed by atoms with van der Waals surface area (Å²) in [5.41, 5.74) is 1.69. The van der Waals surface area contributed by atoms with Gasteiger partial charge in [0.15, 0.2) is 0 Å². The van der Waals surface area contributed by atoms with Crippen LogP contribution in [-0.4, -0.2) is 15.0 Å². The van der Waals surface area contributed by atoms with Crippen LogP contribution in [0.3, 0.4) is 0 Å². The molecular formula is C15H12Cl2N4. The van der Waals surface area contributed by atoms with Crippen LogP contribution in [0.25, 0.3) is 10.9 Å². The topological polar surface area (TPSA) is 50.7 Å². The molecule has 1 aromatic carbocycles. The number of rotatable bonds is 3. The minimum Gasteiger partial charge on any atom is -0.361 e. The van der Waals surface area contributed by atoms with Crippen LogP contribution < -0.4 is 5.32 Å². The minimum absolute atomic E-state index is 0.00366. The van der Waals surface area contributed by atoms with Gasteiger partial charge in [-0.2, -0.15) is 0 Å². The van der Waals surface area contributed by atoms with Gasteiger partial charge in [0, 0.05) is 16.6 Å². The Morgan fingerprint density at radius 2 is 1.81 bits per heavy atom. The summed E-state index contributed by atoms with van der Waals surface area (Å²) in [6.45, 7) is 2.01. The Hall–Kier alpha value is -1.91. The van der Waals surface area contributed by atoms with Gasteiger partial charge in [-0.05, 0) is 37.3 Å². The summed E-state index contributed by atoms with van der Waals surface area (Å²) in [7, 11) is 0. The number of benzene rings is 1. The Bertz CT molecular complexity index is 774. The van der Waals surface area contributed by atoms with Crippen molar-refractivity contribution in [3.05, 3.63) is 58.6 Å². The molecule has 0 saturated heterocycles.